The Morgan fingerprint density at radius 2 is 1.93 bits per heavy atom. The standard InChI is InChI=1S/C22H20BrN3O2S/c1-3-13(2)19-21(28)26-20(25-19)16-6-4-5-7-17(16)24-22(26)29-12-18(27)14-8-10-15(23)11-9-14/h4-11,13,19H,3,12H2,1-2H3. The molecule has 2 unspecified atom stereocenters. The van der Waals surface area contributed by atoms with Gasteiger partial charge in [0.2, 0.25) is 0 Å². The van der Waals surface area contributed by atoms with Crippen LogP contribution < -0.4 is 0 Å². The number of halogens is 1. The molecule has 2 aliphatic heterocycles. The number of nitrogens with zero attached hydrogens (tertiary/aromatic N) is 3. The quantitative estimate of drug-likeness (QED) is 0.574. The summed E-state index contributed by atoms with van der Waals surface area (Å²) in [6, 6.07) is 14.5. The number of fused-ring (bicyclic) bond motifs is 3. The molecule has 148 valence electrons. The summed E-state index contributed by atoms with van der Waals surface area (Å²) in [5.41, 5.74) is 2.27. The van der Waals surface area contributed by atoms with Crippen molar-refractivity contribution in [1.82, 2.24) is 4.90 Å². The Bertz CT molecular complexity index is 1030. The number of para-hydroxylation sites is 1. The van der Waals surface area contributed by atoms with Crippen molar-refractivity contribution in [3.05, 3.63) is 64.1 Å². The van der Waals surface area contributed by atoms with Crippen LogP contribution in [0.1, 0.15) is 36.2 Å². The highest BCUT2D eigenvalue weighted by Gasteiger charge is 2.43. The van der Waals surface area contributed by atoms with Gasteiger partial charge in [0.25, 0.3) is 5.91 Å². The Morgan fingerprint density at radius 1 is 1.21 bits per heavy atom. The van der Waals surface area contributed by atoms with Gasteiger partial charge in [-0.15, -0.1) is 0 Å². The van der Waals surface area contributed by atoms with E-state index in [0.717, 1.165) is 22.1 Å². The third kappa shape index (κ3) is 3.81. The van der Waals surface area contributed by atoms with Crippen LogP contribution in [0.3, 0.4) is 0 Å². The van der Waals surface area contributed by atoms with Gasteiger partial charge in [0.1, 0.15) is 11.9 Å². The SMILES string of the molecule is CCC(C)C1N=C2c3ccccc3N=C(SCC(=O)c3ccc(Br)cc3)N2C1=O. The van der Waals surface area contributed by atoms with E-state index in [1.54, 1.807) is 17.0 Å². The summed E-state index contributed by atoms with van der Waals surface area (Å²) in [5.74, 6) is 0.917. The summed E-state index contributed by atoms with van der Waals surface area (Å²) in [6.07, 6.45) is 0.865. The predicted molar refractivity (Wildman–Crippen MR) is 121 cm³/mol. The van der Waals surface area contributed by atoms with Crippen LogP contribution >= 0.6 is 27.7 Å². The van der Waals surface area contributed by atoms with E-state index in [0.29, 0.717) is 16.6 Å². The molecule has 0 saturated heterocycles. The van der Waals surface area contributed by atoms with Gasteiger partial charge in [-0.25, -0.2) is 9.89 Å². The van der Waals surface area contributed by atoms with Crippen LogP contribution in [0, 0.1) is 5.92 Å². The Hall–Kier alpha value is -2.25. The van der Waals surface area contributed by atoms with Crippen molar-refractivity contribution in [2.24, 2.45) is 15.9 Å². The molecule has 2 atom stereocenters. The number of hydrogen-bond donors (Lipinski definition) is 0. The van der Waals surface area contributed by atoms with Crippen LogP contribution in [0.5, 0.6) is 0 Å². The zero-order valence-electron chi connectivity index (χ0n) is 16.1. The fourth-order valence-corrected chi connectivity index (χ4v) is 4.47. The van der Waals surface area contributed by atoms with Gasteiger partial charge in [-0.1, -0.05) is 72.2 Å². The number of ketones is 1. The molecule has 0 aliphatic carbocycles. The molecule has 0 radical (unpaired) electrons. The van der Waals surface area contributed by atoms with Crippen molar-refractivity contribution < 1.29 is 9.59 Å². The topological polar surface area (TPSA) is 62.1 Å². The number of thioether (sulfide) groups is 1. The van der Waals surface area contributed by atoms with Gasteiger partial charge < -0.3 is 0 Å². The Kier molecular flexibility index (Phi) is 5.69. The number of benzene rings is 2. The maximum Gasteiger partial charge on any atom is 0.259 e. The minimum Gasteiger partial charge on any atom is -0.293 e. The van der Waals surface area contributed by atoms with Gasteiger partial charge in [-0.2, -0.15) is 0 Å². The van der Waals surface area contributed by atoms with Crippen molar-refractivity contribution in [3.8, 4) is 0 Å². The fourth-order valence-electron chi connectivity index (χ4n) is 3.31. The number of Topliss-reactive ketones (excluding diaryl/α,β-unsaturated/α-hetero) is 1. The number of carbonyl (C=O) groups excluding carboxylic acids is 2. The lowest BCUT2D eigenvalue weighted by Gasteiger charge is -2.25. The molecule has 0 N–H and O–H groups in total. The van der Waals surface area contributed by atoms with E-state index in [-0.39, 0.29) is 23.4 Å². The molecule has 4 rings (SSSR count). The molecule has 5 nitrogen and oxygen atoms in total. The maximum atomic E-state index is 13.1. The molecule has 29 heavy (non-hydrogen) atoms. The molecule has 0 fully saturated rings. The molecule has 0 saturated carbocycles. The molecule has 0 spiro atoms. The van der Waals surface area contributed by atoms with Crippen molar-refractivity contribution in [2.45, 2.75) is 26.3 Å². The summed E-state index contributed by atoms with van der Waals surface area (Å²) in [6.45, 7) is 4.10. The fraction of sp³-hybridized carbons (Fsp3) is 0.273. The summed E-state index contributed by atoms with van der Waals surface area (Å²) < 4.78 is 0.926. The normalized spacial score (nSPS) is 18.7. The molecule has 2 aromatic carbocycles. The Morgan fingerprint density at radius 3 is 2.66 bits per heavy atom. The van der Waals surface area contributed by atoms with E-state index in [1.807, 2.05) is 43.3 Å². The zero-order valence-corrected chi connectivity index (χ0v) is 18.5. The van der Waals surface area contributed by atoms with Gasteiger partial charge in [0.05, 0.1) is 11.4 Å². The minimum absolute atomic E-state index is 0.00679. The van der Waals surface area contributed by atoms with Crippen molar-refractivity contribution in [3.63, 3.8) is 0 Å². The molecule has 2 aromatic rings. The molecule has 7 heteroatoms. The third-order valence-electron chi connectivity index (χ3n) is 5.18. The number of hydrogen-bond acceptors (Lipinski definition) is 5. The number of rotatable bonds is 5. The molecule has 2 aliphatic rings. The van der Waals surface area contributed by atoms with E-state index in [2.05, 4.69) is 27.8 Å². The van der Waals surface area contributed by atoms with Gasteiger partial charge in [-0.05, 0) is 30.2 Å². The highest BCUT2D eigenvalue weighted by atomic mass is 79.9. The van der Waals surface area contributed by atoms with Gasteiger partial charge >= 0.3 is 0 Å². The second-order valence-corrected chi connectivity index (χ2v) is 8.95. The molecule has 1 amide bonds. The first-order valence-corrected chi connectivity index (χ1v) is 11.3. The molecular weight excluding hydrogens is 450 g/mol. The summed E-state index contributed by atoms with van der Waals surface area (Å²) in [7, 11) is 0. The van der Waals surface area contributed by atoms with Crippen LogP contribution in [0.25, 0.3) is 0 Å². The van der Waals surface area contributed by atoms with Crippen molar-refractivity contribution in [2.75, 3.05) is 5.75 Å². The van der Waals surface area contributed by atoms with E-state index in [9.17, 15) is 9.59 Å². The predicted octanol–water partition coefficient (Wildman–Crippen LogP) is 5.07. The van der Waals surface area contributed by atoms with Crippen LogP contribution in [0.2, 0.25) is 0 Å². The van der Waals surface area contributed by atoms with Crippen LogP contribution in [-0.2, 0) is 4.79 Å². The summed E-state index contributed by atoms with van der Waals surface area (Å²) in [4.78, 5) is 36.8. The molecule has 0 bridgehead atoms. The highest BCUT2D eigenvalue weighted by molar-refractivity contribution is 9.10. The van der Waals surface area contributed by atoms with Crippen molar-refractivity contribution in [1.29, 1.82) is 0 Å². The monoisotopic (exact) mass is 469 g/mol. The Balaban J connectivity index is 1.62. The van der Waals surface area contributed by atoms with Crippen LogP contribution in [-0.4, -0.2) is 39.4 Å². The van der Waals surface area contributed by atoms with E-state index < -0.39 is 6.04 Å². The van der Waals surface area contributed by atoms with Gasteiger partial charge in [-0.3, -0.25) is 14.6 Å². The average molecular weight is 470 g/mol. The first kappa shape index (κ1) is 20.0. The lowest BCUT2D eigenvalue weighted by atomic mass is 10.00. The van der Waals surface area contributed by atoms with Crippen molar-refractivity contribution >= 4 is 56.1 Å². The first-order chi connectivity index (χ1) is 14.0. The molecule has 0 aromatic heterocycles. The zero-order chi connectivity index (χ0) is 20.5. The second kappa shape index (κ2) is 8.24. The molecular formula is C22H20BrN3O2S. The van der Waals surface area contributed by atoms with Gasteiger partial charge in [0.15, 0.2) is 11.0 Å². The largest absolute Gasteiger partial charge is 0.293 e. The summed E-state index contributed by atoms with van der Waals surface area (Å²) >= 11 is 4.66. The highest BCUT2D eigenvalue weighted by Crippen LogP contribution is 2.35. The lowest BCUT2D eigenvalue weighted by molar-refractivity contribution is -0.125. The smallest absolute Gasteiger partial charge is 0.259 e. The summed E-state index contributed by atoms with van der Waals surface area (Å²) in [5, 5.41) is 0.517. The first-order valence-electron chi connectivity index (χ1n) is 9.51. The number of carbonyl (C=O) groups is 2. The third-order valence-corrected chi connectivity index (χ3v) is 6.65. The van der Waals surface area contributed by atoms with E-state index >= 15 is 0 Å². The van der Waals surface area contributed by atoms with Crippen LogP contribution in [0.15, 0.2) is 63.0 Å². The molecule has 2 heterocycles. The minimum atomic E-state index is -0.408. The lowest BCUT2D eigenvalue weighted by Crippen LogP contribution is -2.42. The Labute approximate surface area is 182 Å². The van der Waals surface area contributed by atoms with E-state index in [4.69, 9.17) is 4.99 Å². The number of amidine groups is 2. The number of amides is 1. The number of aliphatic imine (C=N–C) groups is 2. The maximum absolute atomic E-state index is 13.1. The van der Waals surface area contributed by atoms with Crippen LogP contribution in [0.4, 0.5) is 5.69 Å². The second-order valence-electron chi connectivity index (χ2n) is 7.09. The van der Waals surface area contributed by atoms with Gasteiger partial charge in [0, 0.05) is 15.6 Å². The van der Waals surface area contributed by atoms with E-state index in [1.165, 1.54) is 11.8 Å². The average Bonchev–Trinajstić information content (AvgIpc) is 3.09.